The third-order valence-electron chi connectivity index (χ3n) is 7.01. The van der Waals surface area contributed by atoms with Crippen molar-refractivity contribution in [2.24, 2.45) is 0 Å². The zero-order valence-corrected chi connectivity index (χ0v) is 26.0. The van der Waals surface area contributed by atoms with E-state index in [4.69, 9.17) is 25.0 Å². The highest BCUT2D eigenvalue weighted by Crippen LogP contribution is 2.60. The molecule has 1 aliphatic heterocycles. The number of benzene rings is 2. The highest BCUT2D eigenvalue weighted by Gasteiger charge is 2.42. The van der Waals surface area contributed by atoms with Crippen LogP contribution in [0.15, 0.2) is 24.3 Å². The molecule has 3 rings (SSSR count). The number of halogens is 1. The zero-order valence-electron chi connectivity index (χ0n) is 24.3. The molecule has 0 atom stereocenters. The van der Waals surface area contributed by atoms with Gasteiger partial charge in [-0.1, -0.05) is 114 Å². The van der Waals surface area contributed by atoms with Gasteiger partial charge in [0.1, 0.15) is 11.5 Å². The second-order valence-corrected chi connectivity index (χ2v) is 16.1. The minimum atomic E-state index is -4.20. The third kappa shape index (κ3) is 5.66. The number of phosphoric acid groups is 1. The second kappa shape index (κ2) is 9.07. The lowest BCUT2D eigenvalue weighted by Gasteiger charge is -2.36. The molecule has 0 fully saturated rings. The van der Waals surface area contributed by atoms with Crippen LogP contribution in [-0.4, -0.2) is 0 Å². The summed E-state index contributed by atoms with van der Waals surface area (Å²) in [6.07, 6.45) is 0. The summed E-state index contributed by atoms with van der Waals surface area (Å²) in [7, 11) is -4.20. The fourth-order valence-corrected chi connectivity index (χ4v) is 5.69. The van der Waals surface area contributed by atoms with Gasteiger partial charge in [0, 0.05) is 28.2 Å². The van der Waals surface area contributed by atoms with Crippen molar-refractivity contribution in [3.8, 4) is 11.5 Å². The van der Waals surface area contributed by atoms with Crippen molar-refractivity contribution >= 4 is 19.7 Å². The Morgan fingerprint density at radius 3 is 1.25 bits per heavy atom. The molecule has 36 heavy (non-hydrogen) atoms. The molecule has 200 valence electrons. The van der Waals surface area contributed by atoms with Gasteiger partial charge in [-0.2, -0.15) is 4.08 Å². The maximum Gasteiger partial charge on any atom is 0.604 e. The molecule has 2 aromatic carbocycles. The van der Waals surface area contributed by atoms with Crippen LogP contribution in [0.4, 0.5) is 0 Å². The molecule has 0 radical (unpaired) electrons. The first kappa shape index (κ1) is 29.1. The molecule has 0 bridgehead atoms. The van der Waals surface area contributed by atoms with E-state index in [1.165, 1.54) is 11.1 Å². The summed E-state index contributed by atoms with van der Waals surface area (Å²) in [6, 6.07) is 8.67. The number of fused-ring (bicyclic) bond motifs is 2. The summed E-state index contributed by atoms with van der Waals surface area (Å²) < 4.78 is 31.2. The van der Waals surface area contributed by atoms with Crippen molar-refractivity contribution in [1.82, 2.24) is 0 Å². The second-order valence-electron chi connectivity index (χ2n) is 14.3. The first-order valence-corrected chi connectivity index (χ1v) is 14.5. The fraction of sp³-hybridized carbons (Fsp3) is 0.600. The van der Waals surface area contributed by atoms with E-state index >= 15 is 0 Å². The van der Waals surface area contributed by atoms with Crippen LogP contribution < -0.4 is 9.05 Å². The molecule has 0 aromatic heterocycles. The standard InChI is InChI=1S/C30H44ClO4P/c1-18-21-14-19(27(2,3)4)16-23(29(8,9)10)25(21)33-36(32,35-31)34-26-22(18)15-20(28(5,6)7)17-24(26)30(11,12)13/h14-18H,1-13H3. The molecular weight excluding hydrogens is 491 g/mol. The van der Waals surface area contributed by atoms with E-state index in [0.717, 1.165) is 22.3 Å². The fourth-order valence-electron chi connectivity index (χ4n) is 4.57. The summed E-state index contributed by atoms with van der Waals surface area (Å²) >= 11 is 5.84. The van der Waals surface area contributed by atoms with Gasteiger partial charge in [-0.3, -0.25) is 0 Å². The van der Waals surface area contributed by atoms with Crippen LogP contribution in [0.25, 0.3) is 0 Å². The van der Waals surface area contributed by atoms with Crippen molar-refractivity contribution in [3.63, 3.8) is 0 Å². The predicted molar refractivity (Wildman–Crippen MR) is 151 cm³/mol. The lowest BCUT2D eigenvalue weighted by molar-refractivity contribution is 0.295. The lowest BCUT2D eigenvalue weighted by Crippen LogP contribution is -2.23. The van der Waals surface area contributed by atoms with Gasteiger partial charge >= 0.3 is 7.82 Å². The molecule has 4 nitrogen and oxygen atoms in total. The molecule has 0 aliphatic carbocycles. The van der Waals surface area contributed by atoms with Crippen molar-refractivity contribution < 1.29 is 17.7 Å². The highest BCUT2D eigenvalue weighted by molar-refractivity contribution is 7.50. The Kier molecular flexibility index (Phi) is 7.33. The van der Waals surface area contributed by atoms with Crippen LogP contribution in [0.3, 0.4) is 0 Å². The van der Waals surface area contributed by atoms with E-state index < -0.39 is 7.82 Å². The van der Waals surface area contributed by atoms with Crippen molar-refractivity contribution in [2.45, 2.75) is 118 Å². The van der Waals surface area contributed by atoms with Gasteiger partial charge in [0.2, 0.25) is 0 Å². The van der Waals surface area contributed by atoms with E-state index in [0.29, 0.717) is 11.5 Å². The molecule has 2 aromatic rings. The number of hydrogen-bond donors (Lipinski definition) is 0. The minimum Gasteiger partial charge on any atom is -0.394 e. The lowest BCUT2D eigenvalue weighted by atomic mass is 9.74. The van der Waals surface area contributed by atoms with E-state index in [2.05, 4.69) is 114 Å². The smallest absolute Gasteiger partial charge is 0.394 e. The molecule has 0 saturated carbocycles. The van der Waals surface area contributed by atoms with E-state index in [1.54, 1.807) is 0 Å². The van der Waals surface area contributed by atoms with Crippen molar-refractivity contribution in [2.75, 3.05) is 0 Å². The largest absolute Gasteiger partial charge is 0.604 e. The highest BCUT2D eigenvalue weighted by atomic mass is 35.5. The van der Waals surface area contributed by atoms with E-state index in [1.807, 2.05) is 0 Å². The van der Waals surface area contributed by atoms with Gasteiger partial charge < -0.3 is 9.05 Å². The topological polar surface area (TPSA) is 44.8 Å². The maximum atomic E-state index is 13.9. The number of phosphoric ester groups is 1. The van der Waals surface area contributed by atoms with Crippen LogP contribution in [0.1, 0.15) is 129 Å². The van der Waals surface area contributed by atoms with Crippen LogP contribution in [0, 0.1) is 0 Å². The van der Waals surface area contributed by atoms with Gasteiger partial charge in [-0.05, 0) is 32.8 Å². The minimum absolute atomic E-state index is 0.0903. The zero-order chi connectivity index (χ0) is 27.6. The number of rotatable bonds is 1. The van der Waals surface area contributed by atoms with Crippen LogP contribution in [-0.2, 0) is 30.3 Å². The quantitative estimate of drug-likeness (QED) is 0.341. The van der Waals surface area contributed by atoms with E-state index in [-0.39, 0.29) is 27.6 Å². The molecule has 1 heterocycles. The Morgan fingerprint density at radius 2 is 1.00 bits per heavy atom. The average Bonchev–Trinajstić information content (AvgIpc) is 2.69. The first-order valence-electron chi connectivity index (χ1n) is 12.8. The van der Waals surface area contributed by atoms with Crippen LogP contribution in [0.2, 0.25) is 0 Å². The molecule has 0 unspecified atom stereocenters. The van der Waals surface area contributed by atoms with Gasteiger partial charge in [0.25, 0.3) is 0 Å². The molecule has 0 amide bonds. The summed E-state index contributed by atoms with van der Waals surface area (Å²) in [4.78, 5) is 0. The third-order valence-corrected chi connectivity index (χ3v) is 8.50. The van der Waals surface area contributed by atoms with Gasteiger partial charge in [0.05, 0.1) is 11.9 Å². The SMILES string of the molecule is CC1c2cc(C(C)(C)C)cc(C(C)(C)C)c2OP(=O)(OCl)Oc2c1cc(C(C)(C)C)cc2C(C)(C)C. The Labute approximate surface area is 223 Å². The monoisotopic (exact) mass is 534 g/mol. The normalized spacial score (nSPS) is 21.0. The van der Waals surface area contributed by atoms with Crippen molar-refractivity contribution in [3.05, 3.63) is 57.6 Å². The van der Waals surface area contributed by atoms with Crippen LogP contribution in [0.5, 0.6) is 11.5 Å². The van der Waals surface area contributed by atoms with E-state index in [9.17, 15) is 4.57 Å². The summed E-state index contributed by atoms with van der Waals surface area (Å²) in [5.41, 5.74) is 5.43. The Hall–Kier alpha value is -1.48. The molecule has 0 saturated heterocycles. The van der Waals surface area contributed by atoms with Gasteiger partial charge in [0.15, 0.2) is 0 Å². The van der Waals surface area contributed by atoms with Crippen LogP contribution >= 0.6 is 19.7 Å². The number of hydrogen-bond acceptors (Lipinski definition) is 4. The van der Waals surface area contributed by atoms with Gasteiger partial charge in [-0.25, -0.2) is 4.57 Å². The molecule has 6 heteroatoms. The molecule has 0 spiro atoms. The average molecular weight is 535 g/mol. The Morgan fingerprint density at radius 1 is 0.667 bits per heavy atom. The summed E-state index contributed by atoms with van der Waals surface area (Å²) in [5.74, 6) is 0.957. The predicted octanol–water partition coefficient (Wildman–Crippen LogP) is 10.1. The Balaban J connectivity index is 2.53. The summed E-state index contributed by atoms with van der Waals surface area (Å²) in [5, 5.41) is 0. The van der Waals surface area contributed by atoms with Crippen molar-refractivity contribution in [1.29, 1.82) is 0 Å². The Bertz CT molecular complexity index is 1110. The van der Waals surface area contributed by atoms with Gasteiger partial charge in [-0.15, -0.1) is 0 Å². The molecule has 1 aliphatic rings. The summed E-state index contributed by atoms with van der Waals surface area (Å²) in [6.45, 7) is 28.1. The first-order chi connectivity index (χ1) is 16.1. The molecule has 0 N–H and O–H groups in total. The molecular formula is C30H44ClO4P. The maximum absolute atomic E-state index is 13.9.